The topological polar surface area (TPSA) is 72.9 Å². The quantitative estimate of drug-likeness (QED) is 0.819. The number of ether oxygens (including phenoxy) is 2. The maximum atomic E-state index is 12.6. The summed E-state index contributed by atoms with van der Waals surface area (Å²) >= 11 is 0. The van der Waals surface area contributed by atoms with Crippen molar-refractivity contribution in [3.8, 4) is 5.75 Å². The summed E-state index contributed by atoms with van der Waals surface area (Å²) in [5.41, 5.74) is 0. The lowest BCUT2D eigenvalue weighted by atomic mass is 10.3. The minimum absolute atomic E-state index is 0.0935. The molecule has 1 aromatic carbocycles. The Morgan fingerprint density at radius 3 is 2.62 bits per heavy atom. The number of sulfone groups is 1. The smallest absolute Gasteiger partial charge is 0.241 e. The van der Waals surface area contributed by atoms with Gasteiger partial charge in [-0.2, -0.15) is 0 Å². The second-order valence-corrected chi connectivity index (χ2v) is 7.07. The molecule has 2 rings (SSSR count). The van der Waals surface area contributed by atoms with E-state index in [2.05, 4.69) is 0 Å². The molecule has 0 bridgehead atoms. The molecule has 0 aliphatic carbocycles. The van der Waals surface area contributed by atoms with Crippen molar-refractivity contribution in [3.05, 3.63) is 24.3 Å². The molecule has 1 fully saturated rings. The number of carbonyl (C=O) groups excluding carboxylic acids is 1. The van der Waals surface area contributed by atoms with E-state index in [1.807, 2.05) is 0 Å². The highest BCUT2D eigenvalue weighted by atomic mass is 32.2. The molecule has 1 atom stereocenters. The average Bonchev–Trinajstić information content (AvgIpc) is 2.54. The molecule has 1 unspecified atom stereocenters. The highest BCUT2D eigenvalue weighted by Crippen LogP contribution is 2.22. The first-order chi connectivity index (χ1) is 9.96. The first kappa shape index (κ1) is 15.8. The van der Waals surface area contributed by atoms with Gasteiger partial charge in [-0.1, -0.05) is 6.07 Å². The van der Waals surface area contributed by atoms with Crippen LogP contribution in [0, 0.1) is 0 Å². The lowest BCUT2D eigenvalue weighted by molar-refractivity contribution is -0.134. The molecular formula is C14H19NO5S. The van der Waals surface area contributed by atoms with Crippen LogP contribution >= 0.6 is 0 Å². The maximum absolute atomic E-state index is 12.6. The van der Waals surface area contributed by atoms with Crippen LogP contribution in [-0.4, -0.2) is 57.9 Å². The number of nitrogens with zero attached hydrogens (tertiary/aromatic N) is 1. The Kier molecular flexibility index (Phi) is 4.84. The largest absolute Gasteiger partial charge is 0.497 e. The van der Waals surface area contributed by atoms with E-state index in [4.69, 9.17) is 9.47 Å². The van der Waals surface area contributed by atoms with E-state index in [1.54, 1.807) is 12.1 Å². The molecule has 6 nitrogen and oxygen atoms in total. The molecule has 1 aliphatic rings. The van der Waals surface area contributed by atoms with E-state index in [9.17, 15) is 13.2 Å². The van der Waals surface area contributed by atoms with Gasteiger partial charge in [0.05, 0.1) is 25.2 Å². The summed E-state index contributed by atoms with van der Waals surface area (Å²) in [6.45, 7) is 3.16. The van der Waals surface area contributed by atoms with E-state index in [-0.39, 0.29) is 10.8 Å². The zero-order chi connectivity index (χ0) is 15.5. The van der Waals surface area contributed by atoms with Crippen molar-refractivity contribution >= 4 is 15.7 Å². The Hall–Kier alpha value is -1.60. The number of hydrogen-bond acceptors (Lipinski definition) is 5. The highest BCUT2D eigenvalue weighted by Gasteiger charge is 2.33. The van der Waals surface area contributed by atoms with Gasteiger partial charge in [0, 0.05) is 13.1 Å². The normalized spacial score (nSPS) is 17.3. The molecule has 0 radical (unpaired) electrons. The molecule has 1 aliphatic heterocycles. The minimum Gasteiger partial charge on any atom is -0.497 e. The lowest BCUT2D eigenvalue weighted by Crippen LogP contribution is -2.47. The summed E-state index contributed by atoms with van der Waals surface area (Å²) in [6, 6.07) is 6.16. The van der Waals surface area contributed by atoms with Crippen molar-refractivity contribution in [2.45, 2.75) is 17.1 Å². The third-order valence-corrected chi connectivity index (χ3v) is 5.55. The standard InChI is InChI=1S/C14H19NO5S/c1-11(14(16)15-6-8-20-9-7-15)21(17,18)13-5-3-4-12(10-13)19-2/h3-5,10-11H,6-9H2,1-2H3. The minimum atomic E-state index is -3.73. The zero-order valence-corrected chi connectivity index (χ0v) is 12.9. The summed E-state index contributed by atoms with van der Waals surface area (Å²) in [4.78, 5) is 14.0. The van der Waals surface area contributed by atoms with E-state index in [0.29, 0.717) is 32.1 Å². The van der Waals surface area contributed by atoms with E-state index in [0.717, 1.165) is 0 Å². The number of hydrogen-bond donors (Lipinski definition) is 0. The molecule has 21 heavy (non-hydrogen) atoms. The Labute approximate surface area is 124 Å². The van der Waals surface area contributed by atoms with Gasteiger partial charge in [-0.25, -0.2) is 8.42 Å². The second kappa shape index (κ2) is 6.44. The van der Waals surface area contributed by atoms with Crippen molar-refractivity contribution in [2.24, 2.45) is 0 Å². The third-order valence-electron chi connectivity index (χ3n) is 3.51. The van der Waals surface area contributed by atoms with Gasteiger partial charge >= 0.3 is 0 Å². The van der Waals surface area contributed by atoms with Crippen molar-refractivity contribution in [3.63, 3.8) is 0 Å². The lowest BCUT2D eigenvalue weighted by Gasteiger charge is -2.29. The summed E-state index contributed by atoms with van der Waals surface area (Å²) < 4.78 is 35.3. The summed E-state index contributed by atoms with van der Waals surface area (Å²) in [5.74, 6) is 0.0585. The molecule has 7 heteroatoms. The summed E-state index contributed by atoms with van der Waals surface area (Å²) in [5, 5.41) is -1.12. The predicted octanol–water partition coefficient (Wildman–Crippen LogP) is 0.716. The van der Waals surface area contributed by atoms with Crippen molar-refractivity contribution in [1.82, 2.24) is 4.90 Å². The zero-order valence-electron chi connectivity index (χ0n) is 12.1. The van der Waals surface area contributed by atoms with Crippen LogP contribution in [0.2, 0.25) is 0 Å². The first-order valence-electron chi connectivity index (χ1n) is 6.71. The van der Waals surface area contributed by atoms with Gasteiger partial charge in [0.25, 0.3) is 0 Å². The Balaban J connectivity index is 2.23. The van der Waals surface area contributed by atoms with Crippen molar-refractivity contribution < 1.29 is 22.7 Å². The van der Waals surface area contributed by atoms with Gasteiger partial charge < -0.3 is 14.4 Å². The van der Waals surface area contributed by atoms with Crippen LogP contribution in [0.25, 0.3) is 0 Å². The van der Waals surface area contributed by atoms with E-state index < -0.39 is 15.1 Å². The SMILES string of the molecule is COc1cccc(S(=O)(=O)C(C)C(=O)N2CCOCC2)c1. The van der Waals surface area contributed by atoms with Gasteiger partial charge in [0.15, 0.2) is 9.84 Å². The number of morpholine rings is 1. The van der Waals surface area contributed by atoms with Crippen LogP contribution in [0.15, 0.2) is 29.2 Å². The van der Waals surface area contributed by atoms with Gasteiger partial charge in [-0.15, -0.1) is 0 Å². The molecule has 1 saturated heterocycles. The third kappa shape index (κ3) is 3.36. The number of carbonyl (C=O) groups is 1. The van der Waals surface area contributed by atoms with E-state index >= 15 is 0 Å². The highest BCUT2D eigenvalue weighted by molar-refractivity contribution is 7.92. The van der Waals surface area contributed by atoms with Gasteiger partial charge in [-0.3, -0.25) is 4.79 Å². The maximum Gasteiger partial charge on any atom is 0.241 e. The van der Waals surface area contributed by atoms with Gasteiger partial charge in [0.2, 0.25) is 5.91 Å². The fourth-order valence-corrected chi connectivity index (χ4v) is 3.53. The molecule has 0 N–H and O–H groups in total. The number of benzene rings is 1. The molecule has 0 saturated carbocycles. The average molecular weight is 313 g/mol. The number of methoxy groups -OCH3 is 1. The summed E-state index contributed by atoms with van der Waals surface area (Å²) in [7, 11) is -2.27. The van der Waals surface area contributed by atoms with Gasteiger partial charge in [-0.05, 0) is 25.1 Å². The van der Waals surface area contributed by atoms with Crippen LogP contribution in [0.5, 0.6) is 5.75 Å². The predicted molar refractivity (Wildman–Crippen MR) is 77.0 cm³/mol. The fraction of sp³-hybridized carbons (Fsp3) is 0.500. The van der Waals surface area contributed by atoms with Gasteiger partial charge in [0.1, 0.15) is 11.0 Å². The van der Waals surface area contributed by atoms with Crippen molar-refractivity contribution in [2.75, 3.05) is 33.4 Å². The van der Waals surface area contributed by atoms with Crippen LogP contribution in [0.3, 0.4) is 0 Å². The molecular weight excluding hydrogens is 294 g/mol. The Bertz CT molecular complexity index is 608. The van der Waals surface area contributed by atoms with Crippen LogP contribution in [-0.2, 0) is 19.4 Å². The second-order valence-electron chi connectivity index (χ2n) is 4.80. The molecule has 0 spiro atoms. The van der Waals surface area contributed by atoms with Crippen molar-refractivity contribution in [1.29, 1.82) is 0 Å². The number of rotatable bonds is 4. The Morgan fingerprint density at radius 1 is 1.33 bits per heavy atom. The molecule has 1 heterocycles. The fourth-order valence-electron chi connectivity index (χ4n) is 2.16. The molecule has 0 aromatic heterocycles. The molecule has 116 valence electrons. The monoisotopic (exact) mass is 313 g/mol. The van der Waals surface area contributed by atoms with Crippen LogP contribution < -0.4 is 4.74 Å². The van der Waals surface area contributed by atoms with Crippen LogP contribution in [0.4, 0.5) is 0 Å². The number of amides is 1. The molecule has 1 amide bonds. The Morgan fingerprint density at radius 2 is 2.00 bits per heavy atom. The molecule has 1 aromatic rings. The van der Waals surface area contributed by atoms with E-state index in [1.165, 1.54) is 31.1 Å². The summed E-state index contributed by atoms with van der Waals surface area (Å²) in [6.07, 6.45) is 0. The van der Waals surface area contributed by atoms with Crippen LogP contribution in [0.1, 0.15) is 6.92 Å². The first-order valence-corrected chi connectivity index (χ1v) is 8.26.